The SMILES string of the molecule is CC(N)CCC(=O)Nc1ccc2c(c1)CCO2.Cl. The van der Waals surface area contributed by atoms with Crippen LogP contribution in [0.1, 0.15) is 25.3 Å². The van der Waals surface area contributed by atoms with Gasteiger partial charge in [0.05, 0.1) is 6.61 Å². The molecule has 0 saturated carbocycles. The van der Waals surface area contributed by atoms with Crippen molar-refractivity contribution in [2.24, 2.45) is 5.73 Å². The number of halogens is 1. The Balaban J connectivity index is 0.00000162. The van der Waals surface area contributed by atoms with Crippen LogP contribution >= 0.6 is 12.4 Å². The minimum absolute atomic E-state index is 0. The van der Waals surface area contributed by atoms with Crippen molar-refractivity contribution in [3.05, 3.63) is 23.8 Å². The number of hydrogen-bond donors (Lipinski definition) is 2. The molecule has 100 valence electrons. The van der Waals surface area contributed by atoms with Gasteiger partial charge in [-0.2, -0.15) is 0 Å². The molecule has 1 aromatic rings. The Morgan fingerprint density at radius 3 is 3.06 bits per heavy atom. The third-order valence-electron chi connectivity index (χ3n) is 2.80. The largest absolute Gasteiger partial charge is 0.493 e. The van der Waals surface area contributed by atoms with Crippen molar-refractivity contribution in [3.63, 3.8) is 0 Å². The highest BCUT2D eigenvalue weighted by molar-refractivity contribution is 5.90. The molecule has 0 aliphatic carbocycles. The summed E-state index contributed by atoms with van der Waals surface area (Å²) in [4.78, 5) is 11.6. The van der Waals surface area contributed by atoms with Gasteiger partial charge in [0.1, 0.15) is 5.75 Å². The second kappa shape index (κ2) is 6.61. The first-order valence-corrected chi connectivity index (χ1v) is 5.96. The lowest BCUT2D eigenvalue weighted by atomic mass is 10.1. The van der Waals surface area contributed by atoms with E-state index >= 15 is 0 Å². The second-order valence-electron chi connectivity index (χ2n) is 4.49. The summed E-state index contributed by atoms with van der Waals surface area (Å²) in [6.07, 6.45) is 2.09. The molecule has 0 spiro atoms. The summed E-state index contributed by atoms with van der Waals surface area (Å²) in [5.41, 5.74) is 7.61. The number of rotatable bonds is 4. The van der Waals surface area contributed by atoms with Gasteiger partial charge in [-0.3, -0.25) is 4.79 Å². The number of nitrogens with two attached hydrogens (primary N) is 1. The fourth-order valence-corrected chi connectivity index (χ4v) is 1.85. The van der Waals surface area contributed by atoms with Crippen molar-refractivity contribution in [1.82, 2.24) is 0 Å². The van der Waals surface area contributed by atoms with Gasteiger partial charge in [-0.15, -0.1) is 12.4 Å². The van der Waals surface area contributed by atoms with Crippen LogP contribution in [0.25, 0.3) is 0 Å². The maximum absolute atomic E-state index is 11.6. The van der Waals surface area contributed by atoms with E-state index in [9.17, 15) is 4.79 Å². The van der Waals surface area contributed by atoms with E-state index in [1.54, 1.807) is 0 Å². The van der Waals surface area contributed by atoms with Gasteiger partial charge in [0.25, 0.3) is 0 Å². The van der Waals surface area contributed by atoms with Gasteiger partial charge in [-0.05, 0) is 37.1 Å². The minimum Gasteiger partial charge on any atom is -0.493 e. The molecule has 0 fully saturated rings. The molecule has 3 N–H and O–H groups in total. The average molecular weight is 271 g/mol. The highest BCUT2D eigenvalue weighted by Gasteiger charge is 2.12. The highest BCUT2D eigenvalue weighted by atomic mass is 35.5. The fourth-order valence-electron chi connectivity index (χ4n) is 1.85. The molecule has 1 atom stereocenters. The van der Waals surface area contributed by atoms with E-state index in [2.05, 4.69) is 5.32 Å². The number of ether oxygens (including phenoxy) is 1. The van der Waals surface area contributed by atoms with Crippen molar-refractivity contribution < 1.29 is 9.53 Å². The summed E-state index contributed by atoms with van der Waals surface area (Å²) in [5, 5.41) is 2.88. The summed E-state index contributed by atoms with van der Waals surface area (Å²) in [5.74, 6) is 0.944. The molecule has 1 heterocycles. The van der Waals surface area contributed by atoms with Crippen LogP contribution in [0.2, 0.25) is 0 Å². The number of nitrogens with one attached hydrogen (secondary N) is 1. The number of carbonyl (C=O) groups is 1. The van der Waals surface area contributed by atoms with Gasteiger partial charge in [0.2, 0.25) is 5.91 Å². The lowest BCUT2D eigenvalue weighted by Gasteiger charge is -2.08. The van der Waals surface area contributed by atoms with Crippen LogP contribution in [0.4, 0.5) is 5.69 Å². The van der Waals surface area contributed by atoms with Gasteiger partial charge < -0.3 is 15.8 Å². The third kappa shape index (κ3) is 3.89. The van der Waals surface area contributed by atoms with Crippen LogP contribution in [0.3, 0.4) is 0 Å². The Bertz CT molecular complexity index is 421. The number of fused-ring (bicyclic) bond motifs is 1. The molecule has 2 rings (SSSR count). The molecule has 1 aliphatic rings. The zero-order chi connectivity index (χ0) is 12.3. The van der Waals surface area contributed by atoms with Crippen LogP contribution in [-0.2, 0) is 11.2 Å². The summed E-state index contributed by atoms with van der Waals surface area (Å²) in [6, 6.07) is 5.82. The summed E-state index contributed by atoms with van der Waals surface area (Å²) in [7, 11) is 0. The molecule has 5 heteroatoms. The number of anilines is 1. The van der Waals surface area contributed by atoms with Crippen molar-refractivity contribution in [1.29, 1.82) is 0 Å². The number of hydrogen-bond acceptors (Lipinski definition) is 3. The lowest BCUT2D eigenvalue weighted by Crippen LogP contribution is -2.19. The number of carbonyl (C=O) groups excluding carboxylic acids is 1. The summed E-state index contributed by atoms with van der Waals surface area (Å²) < 4.78 is 5.41. The predicted octanol–water partition coefficient (Wildman–Crippen LogP) is 2.11. The topological polar surface area (TPSA) is 64.4 Å². The van der Waals surface area contributed by atoms with E-state index < -0.39 is 0 Å². The van der Waals surface area contributed by atoms with E-state index in [1.807, 2.05) is 25.1 Å². The highest BCUT2D eigenvalue weighted by Crippen LogP contribution is 2.27. The Labute approximate surface area is 113 Å². The van der Waals surface area contributed by atoms with Crippen LogP contribution in [-0.4, -0.2) is 18.6 Å². The maximum Gasteiger partial charge on any atom is 0.224 e. The van der Waals surface area contributed by atoms with Gasteiger partial charge in [-0.1, -0.05) is 0 Å². The average Bonchev–Trinajstić information content (AvgIpc) is 2.73. The molecule has 1 aromatic carbocycles. The molecule has 0 radical (unpaired) electrons. The van der Waals surface area contributed by atoms with Crippen LogP contribution in [0.5, 0.6) is 5.75 Å². The van der Waals surface area contributed by atoms with Crippen LogP contribution in [0.15, 0.2) is 18.2 Å². The zero-order valence-electron chi connectivity index (χ0n) is 10.4. The van der Waals surface area contributed by atoms with Crippen molar-refractivity contribution >= 4 is 24.0 Å². The summed E-state index contributed by atoms with van der Waals surface area (Å²) in [6.45, 7) is 2.64. The Morgan fingerprint density at radius 2 is 2.33 bits per heavy atom. The smallest absolute Gasteiger partial charge is 0.224 e. The second-order valence-corrected chi connectivity index (χ2v) is 4.49. The third-order valence-corrected chi connectivity index (χ3v) is 2.80. The van der Waals surface area contributed by atoms with Crippen LogP contribution in [0, 0.1) is 0 Å². The molecule has 0 saturated heterocycles. The lowest BCUT2D eigenvalue weighted by molar-refractivity contribution is -0.116. The molecule has 18 heavy (non-hydrogen) atoms. The Hall–Kier alpha value is -1.26. The first-order valence-electron chi connectivity index (χ1n) is 5.96. The van der Waals surface area contributed by atoms with E-state index in [-0.39, 0.29) is 24.4 Å². The predicted molar refractivity (Wildman–Crippen MR) is 74.4 cm³/mol. The first kappa shape index (κ1) is 14.8. The Kier molecular flexibility index (Phi) is 5.44. The van der Waals surface area contributed by atoms with Crippen molar-refractivity contribution in [2.45, 2.75) is 32.2 Å². The molecule has 4 nitrogen and oxygen atoms in total. The number of amides is 1. The maximum atomic E-state index is 11.6. The Morgan fingerprint density at radius 1 is 1.56 bits per heavy atom. The van der Waals surface area contributed by atoms with Gasteiger partial charge in [0, 0.05) is 24.6 Å². The molecule has 1 unspecified atom stereocenters. The van der Waals surface area contributed by atoms with Gasteiger partial charge >= 0.3 is 0 Å². The van der Waals surface area contributed by atoms with E-state index in [0.717, 1.165) is 30.0 Å². The van der Waals surface area contributed by atoms with E-state index in [0.29, 0.717) is 12.8 Å². The van der Waals surface area contributed by atoms with E-state index in [1.165, 1.54) is 0 Å². The molecular formula is C13H19ClN2O2. The van der Waals surface area contributed by atoms with Crippen LogP contribution < -0.4 is 15.8 Å². The molecule has 0 aromatic heterocycles. The molecular weight excluding hydrogens is 252 g/mol. The number of benzene rings is 1. The minimum atomic E-state index is 0. The van der Waals surface area contributed by atoms with Gasteiger partial charge in [-0.25, -0.2) is 0 Å². The summed E-state index contributed by atoms with van der Waals surface area (Å²) >= 11 is 0. The van der Waals surface area contributed by atoms with Gasteiger partial charge in [0.15, 0.2) is 0 Å². The fraction of sp³-hybridized carbons (Fsp3) is 0.462. The molecule has 1 amide bonds. The normalized spacial score (nSPS) is 14.1. The monoisotopic (exact) mass is 270 g/mol. The van der Waals surface area contributed by atoms with E-state index in [4.69, 9.17) is 10.5 Å². The van der Waals surface area contributed by atoms with Crippen molar-refractivity contribution in [2.75, 3.05) is 11.9 Å². The first-order chi connectivity index (χ1) is 8.15. The molecule has 0 bridgehead atoms. The zero-order valence-corrected chi connectivity index (χ0v) is 11.3. The molecule has 1 aliphatic heterocycles. The quantitative estimate of drug-likeness (QED) is 0.881. The standard InChI is InChI=1S/C13H18N2O2.ClH/c1-9(14)2-5-13(16)15-11-3-4-12-10(8-11)6-7-17-12;/h3-4,8-9H,2,5-7,14H2,1H3,(H,15,16);1H. The van der Waals surface area contributed by atoms with Crippen molar-refractivity contribution in [3.8, 4) is 5.75 Å².